The van der Waals surface area contributed by atoms with E-state index < -0.39 is 16.1 Å². The van der Waals surface area contributed by atoms with Crippen LogP contribution in [0.4, 0.5) is 4.79 Å². The van der Waals surface area contributed by atoms with Crippen LogP contribution in [-0.4, -0.2) is 63.6 Å². The maximum Gasteiger partial charge on any atom is 0.410 e. The van der Waals surface area contributed by atoms with Crippen molar-refractivity contribution in [2.45, 2.75) is 69.2 Å². The molecule has 0 bridgehead atoms. The third kappa shape index (κ3) is 5.71. The minimum Gasteiger partial charge on any atom is -0.453 e. The highest BCUT2D eigenvalue weighted by Crippen LogP contribution is 2.34. The fourth-order valence-corrected chi connectivity index (χ4v) is 5.50. The van der Waals surface area contributed by atoms with E-state index in [2.05, 4.69) is 29.0 Å². The highest BCUT2D eigenvalue weighted by atomic mass is 32.2. The van der Waals surface area contributed by atoms with Gasteiger partial charge in [-0.25, -0.2) is 17.9 Å². The number of rotatable bonds is 6. The fraction of sp³-hybridized carbons (Fsp3) is 0.667. The Balaban J connectivity index is 1.59. The second kappa shape index (κ2) is 9.45. The molecule has 7 nitrogen and oxygen atoms in total. The molecular formula is C21H32N2O5S. The molecule has 1 saturated carbocycles. The topological polar surface area (TPSA) is 84.9 Å². The molecule has 0 spiro atoms. The summed E-state index contributed by atoms with van der Waals surface area (Å²) in [7, 11) is -2.04. The number of benzene rings is 1. The van der Waals surface area contributed by atoms with Crippen molar-refractivity contribution in [3.63, 3.8) is 0 Å². The van der Waals surface area contributed by atoms with Crippen LogP contribution >= 0.6 is 0 Å². The largest absolute Gasteiger partial charge is 0.453 e. The van der Waals surface area contributed by atoms with Crippen molar-refractivity contribution >= 4 is 16.1 Å². The predicted octanol–water partition coefficient (Wildman–Crippen LogP) is 2.88. The van der Waals surface area contributed by atoms with Gasteiger partial charge >= 0.3 is 6.09 Å². The molecule has 2 fully saturated rings. The number of hydrogen-bond acceptors (Lipinski definition) is 5. The van der Waals surface area contributed by atoms with Crippen molar-refractivity contribution < 1.29 is 22.7 Å². The molecule has 2 aliphatic rings. The van der Waals surface area contributed by atoms with Crippen LogP contribution in [0.1, 0.15) is 50.5 Å². The molecule has 1 aliphatic heterocycles. The van der Waals surface area contributed by atoms with E-state index in [1.54, 1.807) is 4.90 Å². The van der Waals surface area contributed by atoms with Crippen molar-refractivity contribution in [1.29, 1.82) is 0 Å². The van der Waals surface area contributed by atoms with Crippen LogP contribution in [0, 0.1) is 0 Å². The lowest BCUT2D eigenvalue weighted by Gasteiger charge is -2.33. The van der Waals surface area contributed by atoms with Gasteiger partial charge in [0.15, 0.2) is 0 Å². The molecule has 0 aromatic heterocycles. The average Bonchev–Trinajstić information content (AvgIpc) is 3.00. The normalized spacial score (nSPS) is 30.3. The standard InChI is InChI=1S/C21H32N2O5S/c1-15-13-19(22-29(3,25)26)20(23(15)21(24)27-2)14-28-18-11-9-17(10-12-18)16-7-5-4-6-8-16/h4-8,15,17-20,22H,9-14H2,1-3H3/t15-,17?,18?,19+,20+/m1/s1. The molecule has 1 aliphatic carbocycles. The zero-order chi connectivity index (χ0) is 21.0. The molecule has 0 radical (unpaired) electrons. The van der Waals surface area contributed by atoms with E-state index in [1.807, 2.05) is 13.0 Å². The molecule has 8 heteroatoms. The zero-order valence-electron chi connectivity index (χ0n) is 17.4. The van der Waals surface area contributed by atoms with Crippen LogP contribution in [0.5, 0.6) is 0 Å². The lowest BCUT2D eigenvalue weighted by Crippen LogP contribution is -2.50. The molecule has 29 heavy (non-hydrogen) atoms. The van der Waals surface area contributed by atoms with Crippen molar-refractivity contribution in [1.82, 2.24) is 9.62 Å². The molecule has 162 valence electrons. The van der Waals surface area contributed by atoms with Gasteiger partial charge in [-0.1, -0.05) is 30.3 Å². The van der Waals surface area contributed by atoms with Crippen molar-refractivity contribution in [2.75, 3.05) is 20.0 Å². The molecule has 1 N–H and O–H groups in total. The number of carbonyl (C=O) groups excluding carboxylic acids is 1. The first-order valence-corrected chi connectivity index (χ1v) is 12.2. The SMILES string of the molecule is COC(=O)N1[C@H](C)C[C@H](NS(C)(=O)=O)[C@@H]1COC1CCC(c2ccccc2)CC1. The third-order valence-corrected chi connectivity index (χ3v) is 6.82. The van der Waals surface area contributed by atoms with Gasteiger partial charge in [-0.15, -0.1) is 0 Å². The number of methoxy groups -OCH3 is 1. The van der Waals surface area contributed by atoms with Crippen LogP contribution in [0.3, 0.4) is 0 Å². The first kappa shape index (κ1) is 22.1. The maximum atomic E-state index is 12.3. The molecule has 1 amide bonds. The number of nitrogens with one attached hydrogen (secondary N) is 1. The summed E-state index contributed by atoms with van der Waals surface area (Å²) in [6.45, 7) is 2.20. The van der Waals surface area contributed by atoms with Gasteiger partial charge in [0, 0.05) is 12.1 Å². The molecule has 1 heterocycles. The third-order valence-electron chi connectivity index (χ3n) is 6.09. The summed E-state index contributed by atoms with van der Waals surface area (Å²) in [5, 5.41) is 0. The Morgan fingerprint density at radius 3 is 2.41 bits per heavy atom. The highest BCUT2D eigenvalue weighted by molar-refractivity contribution is 7.88. The first-order valence-electron chi connectivity index (χ1n) is 10.3. The summed E-state index contributed by atoms with van der Waals surface area (Å²) < 4.78 is 37.3. The minimum absolute atomic E-state index is 0.121. The summed E-state index contributed by atoms with van der Waals surface area (Å²) in [6, 6.07) is 9.69. The second-order valence-corrected chi connectivity index (χ2v) is 10.0. The number of sulfonamides is 1. The Hall–Kier alpha value is -1.64. The van der Waals surface area contributed by atoms with E-state index in [0.29, 0.717) is 18.9 Å². The Labute approximate surface area is 173 Å². The smallest absolute Gasteiger partial charge is 0.410 e. The lowest BCUT2D eigenvalue weighted by atomic mass is 9.83. The van der Waals surface area contributed by atoms with Crippen LogP contribution in [-0.2, 0) is 19.5 Å². The van der Waals surface area contributed by atoms with Gasteiger partial charge in [0.05, 0.1) is 32.1 Å². The van der Waals surface area contributed by atoms with E-state index in [0.717, 1.165) is 31.9 Å². The summed E-state index contributed by atoms with van der Waals surface area (Å²) >= 11 is 0. The van der Waals surface area contributed by atoms with Gasteiger partial charge in [-0.05, 0) is 50.5 Å². The predicted molar refractivity (Wildman–Crippen MR) is 111 cm³/mol. The minimum atomic E-state index is -3.39. The average molecular weight is 425 g/mol. The van der Waals surface area contributed by atoms with Gasteiger partial charge in [-0.3, -0.25) is 4.90 Å². The van der Waals surface area contributed by atoms with Gasteiger partial charge in [0.25, 0.3) is 0 Å². The molecular weight excluding hydrogens is 392 g/mol. The molecule has 1 aromatic carbocycles. The number of amides is 1. The summed E-state index contributed by atoms with van der Waals surface area (Å²) in [5.41, 5.74) is 1.38. The van der Waals surface area contributed by atoms with Crippen LogP contribution in [0.2, 0.25) is 0 Å². The van der Waals surface area contributed by atoms with Gasteiger partial charge in [0.2, 0.25) is 10.0 Å². The molecule has 3 rings (SSSR count). The lowest BCUT2D eigenvalue weighted by molar-refractivity contribution is -0.00859. The molecule has 1 aromatic rings. The van der Waals surface area contributed by atoms with Gasteiger partial charge in [-0.2, -0.15) is 0 Å². The number of nitrogens with zero attached hydrogens (tertiary/aromatic N) is 1. The monoisotopic (exact) mass is 424 g/mol. The Bertz CT molecular complexity index is 778. The number of likely N-dealkylation sites (tertiary alicyclic amines) is 1. The summed E-state index contributed by atoms with van der Waals surface area (Å²) in [5.74, 6) is 0.564. The molecule has 1 saturated heterocycles. The van der Waals surface area contributed by atoms with E-state index in [9.17, 15) is 13.2 Å². The number of carbonyl (C=O) groups is 1. The second-order valence-electron chi connectivity index (χ2n) is 8.24. The Morgan fingerprint density at radius 1 is 1.17 bits per heavy atom. The fourth-order valence-electron chi connectivity index (χ4n) is 4.70. The van der Waals surface area contributed by atoms with Crippen LogP contribution in [0.15, 0.2) is 30.3 Å². The maximum absolute atomic E-state index is 12.3. The summed E-state index contributed by atoms with van der Waals surface area (Å²) in [6.07, 6.45) is 5.43. The molecule has 3 atom stereocenters. The van der Waals surface area contributed by atoms with Crippen molar-refractivity contribution in [3.8, 4) is 0 Å². The summed E-state index contributed by atoms with van der Waals surface area (Å²) in [4.78, 5) is 13.9. The first-order chi connectivity index (χ1) is 13.8. The Morgan fingerprint density at radius 2 is 1.83 bits per heavy atom. The number of hydrogen-bond donors (Lipinski definition) is 1. The zero-order valence-corrected chi connectivity index (χ0v) is 18.2. The molecule has 0 unspecified atom stereocenters. The van der Waals surface area contributed by atoms with Crippen molar-refractivity contribution in [3.05, 3.63) is 35.9 Å². The van der Waals surface area contributed by atoms with E-state index in [-0.39, 0.29) is 24.2 Å². The highest BCUT2D eigenvalue weighted by Gasteiger charge is 2.44. The van der Waals surface area contributed by atoms with E-state index in [1.165, 1.54) is 12.7 Å². The Kier molecular flexibility index (Phi) is 7.19. The van der Waals surface area contributed by atoms with Gasteiger partial charge in [0.1, 0.15) is 0 Å². The quantitative estimate of drug-likeness (QED) is 0.759. The van der Waals surface area contributed by atoms with Crippen molar-refractivity contribution in [2.24, 2.45) is 0 Å². The van der Waals surface area contributed by atoms with E-state index in [4.69, 9.17) is 9.47 Å². The van der Waals surface area contributed by atoms with Crippen LogP contribution in [0.25, 0.3) is 0 Å². The number of ether oxygens (including phenoxy) is 2. The van der Waals surface area contributed by atoms with Gasteiger partial charge < -0.3 is 9.47 Å². The van der Waals surface area contributed by atoms with E-state index >= 15 is 0 Å². The van der Waals surface area contributed by atoms with Crippen LogP contribution < -0.4 is 4.72 Å².